The van der Waals surface area contributed by atoms with Crippen LogP contribution in [0.3, 0.4) is 0 Å². The molecule has 31 heavy (non-hydrogen) atoms. The van der Waals surface area contributed by atoms with Crippen LogP contribution in [-0.4, -0.2) is 67.0 Å². The molecule has 2 aromatic carbocycles. The quantitative estimate of drug-likeness (QED) is 0.831. The summed E-state index contributed by atoms with van der Waals surface area (Å²) in [5.41, 5.74) is 4.73. The number of anilines is 1. The summed E-state index contributed by atoms with van der Waals surface area (Å²) in [5, 5.41) is 12.6. The van der Waals surface area contributed by atoms with Crippen molar-refractivity contribution in [3.8, 4) is 17.2 Å². The third kappa shape index (κ3) is 3.64. The smallest absolute Gasteiger partial charge is 0.253 e. The van der Waals surface area contributed by atoms with E-state index < -0.39 is 0 Å². The fourth-order valence-corrected chi connectivity index (χ4v) is 4.38. The van der Waals surface area contributed by atoms with Crippen molar-refractivity contribution in [1.82, 2.24) is 9.80 Å². The van der Waals surface area contributed by atoms with E-state index in [0.29, 0.717) is 44.9 Å². The molecular weight excluding hydrogens is 392 g/mol. The van der Waals surface area contributed by atoms with Gasteiger partial charge in [-0.05, 0) is 41.0 Å². The molecule has 2 unspecified atom stereocenters. The van der Waals surface area contributed by atoms with E-state index in [9.17, 15) is 14.9 Å². The zero-order valence-electron chi connectivity index (χ0n) is 17.2. The van der Waals surface area contributed by atoms with Gasteiger partial charge in [-0.3, -0.25) is 9.59 Å². The van der Waals surface area contributed by atoms with Crippen LogP contribution in [0.15, 0.2) is 42.5 Å². The van der Waals surface area contributed by atoms with Gasteiger partial charge in [-0.1, -0.05) is 18.2 Å². The number of nitriles is 1. The van der Waals surface area contributed by atoms with Crippen LogP contribution in [0.25, 0.3) is 11.1 Å². The molecular formula is C24H24N4O3. The minimum absolute atomic E-state index is 0.0127. The van der Waals surface area contributed by atoms with Crippen molar-refractivity contribution in [2.45, 2.75) is 18.4 Å². The van der Waals surface area contributed by atoms with Crippen molar-refractivity contribution >= 4 is 17.5 Å². The van der Waals surface area contributed by atoms with Gasteiger partial charge in [0.15, 0.2) is 0 Å². The average Bonchev–Trinajstić information content (AvgIpc) is 3.20. The molecule has 1 N–H and O–H groups in total. The monoisotopic (exact) mass is 416 g/mol. The lowest BCUT2D eigenvalue weighted by molar-refractivity contribution is -0.157. The van der Waals surface area contributed by atoms with Gasteiger partial charge in [0.2, 0.25) is 0 Å². The van der Waals surface area contributed by atoms with Gasteiger partial charge < -0.3 is 19.9 Å². The molecule has 0 saturated carbocycles. The fraction of sp³-hybridized carbons (Fsp3) is 0.375. The Morgan fingerprint density at radius 1 is 1.00 bits per heavy atom. The third-order valence-corrected chi connectivity index (χ3v) is 6.40. The molecule has 7 heteroatoms. The van der Waals surface area contributed by atoms with E-state index in [4.69, 9.17) is 4.74 Å². The second-order valence-corrected chi connectivity index (χ2v) is 8.21. The molecule has 0 aliphatic carbocycles. The SMILES string of the molecule is N#CC1CNc2ccc(-c3ccc(C(=O)N4CCN(C(=O)C5CCO5)CC4)cc3)cc21. The Kier molecular flexibility index (Phi) is 5.08. The number of ether oxygens (including phenoxy) is 1. The molecule has 158 valence electrons. The second kappa shape index (κ2) is 8.05. The standard InChI is InChI=1S/C24H24N4O3/c25-14-19-15-26-21-6-5-18(13-20(19)21)16-1-3-17(4-2-16)23(29)27-8-10-28(11-9-27)24(30)22-7-12-31-22/h1-6,13,19,22,26H,7-12,15H2. The van der Waals surface area contributed by atoms with Crippen molar-refractivity contribution in [2.24, 2.45) is 0 Å². The molecule has 3 aliphatic rings. The van der Waals surface area contributed by atoms with Crippen molar-refractivity contribution in [2.75, 3.05) is 44.6 Å². The highest BCUT2D eigenvalue weighted by atomic mass is 16.5. The Labute approximate surface area is 181 Å². The number of amides is 2. The highest BCUT2D eigenvalue weighted by Gasteiger charge is 2.33. The predicted molar refractivity (Wildman–Crippen MR) is 116 cm³/mol. The van der Waals surface area contributed by atoms with Gasteiger partial charge in [-0.2, -0.15) is 5.26 Å². The maximum absolute atomic E-state index is 12.9. The van der Waals surface area contributed by atoms with Crippen molar-refractivity contribution in [3.63, 3.8) is 0 Å². The molecule has 3 aliphatic heterocycles. The molecule has 0 spiro atoms. The average molecular weight is 416 g/mol. The Bertz CT molecular complexity index is 1050. The molecule has 0 bridgehead atoms. The molecule has 5 rings (SSSR count). The number of nitrogens with one attached hydrogen (secondary N) is 1. The third-order valence-electron chi connectivity index (χ3n) is 6.40. The van der Waals surface area contributed by atoms with E-state index >= 15 is 0 Å². The highest BCUT2D eigenvalue weighted by Crippen LogP contribution is 2.34. The van der Waals surface area contributed by atoms with Crippen LogP contribution in [-0.2, 0) is 9.53 Å². The van der Waals surface area contributed by atoms with E-state index in [-0.39, 0.29) is 23.8 Å². The number of nitrogens with zero attached hydrogens (tertiary/aromatic N) is 3. The molecule has 2 atom stereocenters. The topological polar surface area (TPSA) is 85.7 Å². The number of benzene rings is 2. The van der Waals surface area contributed by atoms with E-state index in [1.807, 2.05) is 36.4 Å². The first-order valence-corrected chi connectivity index (χ1v) is 10.7. The molecule has 2 aromatic rings. The molecule has 2 saturated heterocycles. The first kappa shape index (κ1) is 19.6. The van der Waals surface area contributed by atoms with Gasteiger partial charge in [0, 0.05) is 50.4 Å². The second-order valence-electron chi connectivity index (χ2n) is 8.21. The van der Waals surface area contributed by atoms with E-state index in [2.05, 4.69) is 17.5 Å². The maximum Gasteiger partial charge on any atom is 0.253 e. The lowest BCUT2D eigenvalue weighted by atomic mass is 9.96. The number of hydrogen-bond acceptors (Lipinski definition) is 5. The van der Waals surface area contributed by atoms with Gasteiger partial charge in [0.1, 0.15) is 6.10 Å². The molecule has 2 amide bonds. The molecule has 0 radical (unpaired) electrons. The summed E-state index contributed by atoms with van der Waals surface area (Å²) in [4.78, 5) is 28.8. The van der Waals surface area contributed by atoms with Crippen molar-refractivity contribution < 1.29 is 14.3 Å². The number of piperazine rings is 1. The Balaban J connectivity index is 1.24. The van der Waals surface area contributed by atoms with Crippen molar-refractivity contribution in [1.29, 1.82) is 5.26 Å². The lowest BCUT2D eigenvalue weighted by Gasteiger charge is -2.38. The minimum Gasteiger partial charge on any atom is -0.383 e. The highest BCUT2D eigenvalue weighted by molar-refractivity contribution is 5.95. The predicted octanol–water partition coefficient (Wildman–Crippen LogP) is 2.46. The fourth-order valence-electron chi connectivity index (χ4n) is 4.38. The van der Waals surface area contributed by atoms with Crippen LogP contribution in [0, 0.1) is 11.3 Å². The van der Waals surface area contributed by atoms with Gasteiger partial charge in [0.25, 0.3) is 11.8 Å². The molecule has 3 heterocycles. The van der Waals surface area contributed by atoms with Gasteiger partial charge in [-0.15, -0.1) is 0 Å². The Morgan fingerprint density at radius 3 is 2.32 bits per heavy atom. The van der Waals surface area contributed by atoms with Crippen molar-refractivity contribution in [3.05, 3.63) is 53.6 Å². The number of fused-ring (bicyclic) bond motifs is 1. The van der Waals surface area contributed by atoms with E-state index in [1.165, 1.54) is 0 Å². The van der Waals surface area contributed by atoms with E-state index in [1.54, 1.807) is 9.80 Å². The normalized spacial score (nSPS) is 22.2. The number of hydrogen-bond donors (Lipinski definition) is 1. The van der Waals surface area contributed by atoms with Crippen LogP contribution in [0.2, 0.25) is 0 Å². The first-order chi connectivity index (χ1) is 15.1. The van der Waals surface area contributed by atoms with E-state index in [0.717, 1.165) is 28.8 Å². The Morgan fingerprint density at radius 2 is 1.68 bits per heavy atom. The summed E-state index contributed by atoms with van der Waals surface area (Å²) in [7, 11) is 0. The molecule has 0 aromatic heterocycles. The summed E-state index contributed by atoms with van der Waals surface area (Å²) in [6, 6.07) is 16.0. The van der Waals surface area contributed by atoms with Crippen LogP contribution in [0.4, 0.5) is 5.69 Å². The molecule has 7 nitrogen and oxygen atoms in total. The maximum atomic E-state index is 12.9. The van der Waals surface area contributed by atoms with Gasteiger partial charge in [0.05, 0.1) is 18.6 Å². The van der Waals surface area contributed by atoms with Crippen LogP contribution in [0.5, 0.6) is 0 Å². The summed E-state index contributed by atoms with van der Waals surface area (Å²) in [6.45, 7) is 3.47. The summed E-state index contributed by atoms with van der Waals surface area (Å²) in [5.74, 6) is -0.0932. The summed E-state index contributed by atoms with van der Waals surface area (Å²) >= 11 is 0. The Hall–Kier alpha value is -3.37. The number of carbonyl (C=O) groups excluding carboxylic acids is 2. The zero-order chi connectivity index (χ0) is 21.4. The summed E-state index contributed by atoms with van der Waals surface area (Å²) in [6.07, 6.45) is 0.510. The minimum atomic E-state index is -0.284. The van der Waals surface area contributed by atoms with Crippen LogP contribution < -0.4 is 5.32 Å². The van der Waals surface area contributed by atoms with Crippen LogP contribution in [0.1, 0.15) is 28.3 Å². The lowest BCUT2D eigenvalue weighted by Crippen LogP contribution is -2.54. The molecule has 2 fully saturated rings. The number of rotatable bonds is 3. The summed E-state index contributed by atoms with van der Waals surface area (Å²) < 4.78 is 5.28. The van der Waals surface area contributed by atoms with Crippen LogP contribution >= 0.6 is 0 Å². The first-order valence-electron chi connectivity index (χ1n) is 10.7. The number of carbonyl (C=O) groups is 2. The zero-order valence-corrected chi connectivity index (χ0v) is 17.2. The van der Waals surface area contributed by atoms with Gasteiger partial charge >= 0.3 is 0 Å². The van der Waals surface area contributed by atoms with Gasteiger partial charge in [-0.25, -0.2) is 0 Å². The largest absolute Gasteiger partial charge is 0.383 e.